The standard InChI is InChI=1S/C12H18N2O/c1-3-4-9-5-7-10(8-6-9)11(14-2)12(13)15/h5-8,11,14H,3-4H2,1-2H3,(H2,13,15). The van der Waals surface area contributed by atoms with Crippen LogP contribution in [0.3, 0.4) is 0 Å². The third-order valence-electron chi connectivity index (χ3n) is 2.42. The summed E-state index contributed by atoms with van der Waals surface area (Å²) in [6, 6.07) is 7.62. The molecule has 1 unspecified atom stereocenters. The summed E-state index contributed by atoms with van der Waals surface area (Å²) in [6.07, 6.45) is 2.20. The van der Waals surface area contributed by atoms with E-state index in [-0.39, 0.29) is 11.9 Å². The van der Waals surface area contributed by atoms with E-state index in [2.05, 4.69) is 12.2 Å². The Kier molecular flexibility index (Phi) is 4.31. The van der Waals surface area contributed by atoms with E-state index in [0.717, 1.165) is 18.4 Å². The summed E-state index contributed by atoms with van der Waals surface area (Å²) in [7, 11) is 1.73. The van der Waals surface area contributed by atoms with Crippen LogP contribution in [0.25, 0.3) is 0 Å². The molecule has 1 aromatic carbocycles. The van der Waals surface area contributed by atoms with Crippen LogP contribution in [-0.4, -0.2) is 13.0 Å². The molecule has 0 aromatic heterocycles. The molecule has 1 atom stereocenters. The predicted octanol–water partition coefficient (Wildman–Crippen LogP) is 1.38. The zero-order chi connectivity index (χ0) is 11.3. The highest BCUT2D eigenvalue weighted by Crippen LogP contribution is 2.14. The molecule has 1 rings (SSSR count). The van der Waals surface area contributed by atoms with Gasteiger partial charge in [0, 0.05) is 0 Å². The van der Waals surface area contributed by atoms with E-state index in [1.807, 2.05) is 24.3 Å². The van der Waals surface area contributed by atoms with Crippen molar-refractivity contribution in [1.82, 2.24) is 5.32 Å². The number of carbonyl (C=O) groups is 1. The lowest BCUT2D eigenvalue weighted by atomic mass is 10.0. The molecule has 82 valence electrons. The zero-order valence-electron chi connectivity index (χ0n) is 9.29. The third-order valence-corrected chi connectivity index (χ3v) is 2.42. The molecule has 0 aliphatic rings. The van der Waals surface area contributed by atoms with Gasteiger partial charge in [0.1, 0.15) is 6.04 Å². The maximum atomic E-state index is 11.1. The van der Waals surface area contributed by atoms with Crippen LogP contribution in [-0.2, 0) is 11.2 Å². The molecule has 0 heterocycles. The van der Waals surface area contributed by atoms with Crippen molar-refractivity contribution in [1.29, 1.82) is 0 Å². The second-order valence-electron chi connectivity index (χ2n) is 3.62. The fourth-order valence-corrected chi connectivity index (χ4v) is 1.64. The van der Waals surface area contributed by atoms with Gasteiger partial charge < -0.3 is 11.1 Å². The minimum Gasteiger partial charge on any atom is -0.368 e. The maximum Gasteiger partial charge on any atom is 0.239 e. The molecule has 3 heteroatoms. The van der Waals surface area contributed by atoms with Gasteiger partial charge in [-0.1, -0.05) is 37.6 Å². The van der Waals surface area contributed by atoms with Crippen LogP contribution in [0.1, 0.15) is 30.5 Å². The molecule has 0 bridgehead atoms. The molecule has 1 aromatic rings. The lowest BCUT2D eigenvalue weighted by molar-refractivity contribution is -0.120. The molecule has 0 spiro atoms. The third kappa shape index (κ3) is 3.06. The topological polar surface area (TPSA) is 55.1 Å². The predicted molar refractivity (Wildman–Crippen MR) is 61.4 cm³/mol. The molecule has 0 saturated heterocycles. The smallest absolute Gasteiger partial charge is 0.239 e. The first-order chi connectivity index (χ1) is 7.19. The number of primary amides is 1. The molecule has 3 N–H and O–H groups in total. The van der Waals surface area contributed by atoms with Crippen molar-refractivity contribution >= 4 is 5.91 Å². The highest BCUT2D eigenvalue weighted by molar-refractivity contribution is 5.81. The van der Waals surface area contributed by atoms with Gasteiger partial charge >= 0.3 is 0 Å². The number of carbonyl (C=O) groups excluding carboxylic acids is 1. The minimum absolute atomic E-state index is 0.347. The van der Waals surface area contributed by atoms with E-state index in [1.165, 1.54) is 5.56 Å². The van der Waals surface area contributed by atoms with Gasteiger partial charge in [-0.3, -0.25) is 4.79 Å². The van der Waals surface area contributed by atoms with Crippen LogP contribution in [0.2, 0.25) is 0 Å². The van der Waals surface area contributed by atoms with E-state index in [1.54, 1.807) is 7.05 Å². The van der Waals surface area contributed by atoms with Gasteiger partial charge in [-0.05, 0) is 24.6 Å². The second kappa shape index (κ2) is 5.51. The average molecular weight is 206 g/mol. The summed E-state index contributed by atoms with van der Waals surface area (Å²) >= 11 is 0. The average Bonchev–Trinajstić information content (AvgIpc) is 2.21. The Balaban J connectivity index is 2.82. The van der Waals surface area contributed by atoms with Crippen molar-refractivity contribution in [3.8, 4) is 0 Å². The first-order valence-electron chi connectivity index (χ1n) is 5.24. The van der Waals surface area contributed by atoms with Crippen molar-refractivity contribution in [3.05, 3.63) is 35.4 Å². The van der Waals surface area contributed by atoms with Crippen molar-refractivity contribution in [2.75, 3.05) is 7.05 Å². The Hall–Kier alpha value is -1.35. The number of aryl methyl sites for hydroxylation is 1. The van der Waals surface area contributed by atoms with Gasteiger partial charge in [-0.25, -0.2) is 0 Å². The Labute approximate surface area is 90.7 Å². The number of likely N-dealkylation sites (N-methyl/N-ethyl adjacent to an activating group) is 1. The van der Waals surface area contributed by atoms with Crippen LogP contribution in [0.4, 0.5) is 0 Å². The lowest BCUT2D eigenvalue weighted by Crippen LogP contribution is -2.31. The summed E-state index contributed by atoms with van der Waals surface area (Å²) < 4.78 is 0. The molecule has 0 fully saturated rings. The highest BCUT2D eigenvalue weighted by Gasteiger charge is 2.14. The number of nitrogens with two attached hydrogens (primary N) is 1. The second-order valence-corrected chi connectivity index (χ2v) is 3.62. The Bertz CT molecular complexity index is 319. The van der Waals surface area contributed by atoms with E-state index < -0.39 is 0 Å². The van der Waals surface area contributed by atoms with E-state index in [0.29, 0.717) is 0 Å². The molecule has 0 aliphatic heterocycles. The zero-order valence-corrected chi connectivity index (χ0v) is 9.29. The van der Waals surface area contributed by atoms with E-state index in [4.69, 9.17) is 5.73 Å². The van der Waals surface area contributed by atoms with Gasteiger partial charge in [0.05, 0.1) is 0 Å². The Morgan fingerprint density at radius 3 is 2.40 bits per heavy atom. The largest absolute Gasteiger partial charge is 0.368 e. The maximum absolute atomic E-state index is 11.1. The quantitative estimate of drug-likeness (QED) is 0.764. The highest BCUT2D eigenvalue weighted by atomic mass is 16.1. The van der Waals surface area contributed by atoms with Crippen molar-refractivity contribution < 1.29 is 4.79 Å². The lowest BCUT2D eigenvalue weighted by Gasteiger charge is -2.12. The Morgan fingerprint density at radius 2 is 2.00 bits per heavy atom. The number of hydrogen-bond acceptors (Lipinski definition) is 2. The minimum atomic E-state index is -0.388. The summed E-state index contributed by atoms with van der Waals surface area (Å²) in [6.45, 7) is 2.15. The fourth-order valence-electron chi connectivity index (χ4n) is 1.64. The normalized spacial score (nSPS) is 12.4. The fraction of sp³-hybridized carbons (Fsp3) is 0.417. The van der Waals surface area contributed by atoms with Gasteiger partial charge in [-0.15, -0.1) is 0 Å². The van der Waals surface area contributed by atoms with Gasteiger partial charge in [0.25, 0.3) is 0 Å². The number of rotatable bonds is 5. The van der Waals surface area contributed by atoms with E-state index >= 15 is 0 Å². The summed E-state index contributed by atoms with van der Waals surface area (Å²) in [5.74, 6) is -0.347. The van der Waals surface area contributed by atoms with Gasteiger partial charge in [-0.2, -0.15) is 0 Å². The molecule has 0 saturated carbocycles. The molecule has 0 radical (unpaired) electrons. The van der Waals surface area contributed by atoms with Crippen LogP contribution < -0.4 is 11.1 Å². The number of hydrogen-bond donors (Lipinski definition) is 2. The van der Waals surface area contributed by atoms with Crippen molar-refractivity contribution in [3.63, 3.8) is 0 Å². The summed E-state index contributed by atoms with van der Waals surface area (Å²) in [5, 5.41) is 2.89. The number of amides is 1. The molecule has 0 aliphatic carbocycles. The first kappa shape index (κ1) is 11.7. The molecule has 1 amide bonds. The van der Waals surface area contributed by atoms with Crippen LogP contribution in [0.5, 0.6) is 0 Å². The van der Waals surface area contributed by atoms with Crippen LogP contribution >= 0.6 is 0 Å². The molecular weight excluding hydrogens is 188 g/mol. The summed E-state index contributed by atoms with van der Waals surface area (Å²) in [5.41, 5.74) is 7.49. The van der Waals surface area contributed by atoms with Gasteiger partial charge in [0.2, 0.25) is 5.91 Å². The molecule has 3 nitrogen and oxygen atoms in total. The van der Waals surface area contributed by atoms with Crippen LogP contribution in [0, 0.1) is 0 Å². The monoisotopic (exact) mass is 206 g/mol. The van der Waals surface area contributed by atoms with Gasteiger partial charge in [0.15, 0.2) is 0 Å². The van der Waals surface area contributed by atoms with E-state index in [9.17, 15) is 4.79 Å². The van der Waals surface area contributed by atoms with Crippen molar-refractivity contribution in [2.45, 2.75) is 25.8 Å². The SMILES string of the molecule is CCCc1ccc(C(NC)C(N)=O)cc1. The molecular formula is C12H18N2O. The Morgan fingerprint density at radius 1 is 1.40 bits per heavy atom. The van der Waals surface area contributed by atoms with Crippen LogP contribution in [0.15, 0.2) is 24.3 Å². The molecule has 15 heavy (non-hydrogen) atoms. The summed E-state index contributed by atoms with van der Waals surface area (Å²) in [4.78, 5) is 11.1. The van der Waals surface area contributed by atoms with Crippen molar-refractivity contribution in [2.24, 2.45) is 5.73 Å². The number of nitrogens with one attached hydrogen (secondary N) is 1. The number of benzene rings is 1. The first-order valence-corrected chi connectivity index (χ1v) is 5.24.